The minimum absolute atomic E-state index is 0.941. The van der Waals surface area contributed by atoms with Crippen LogP contribution in [0.2, 0.25) is 0 Å². The van der Waals surface area contributed by atoms with Crippen LogP contribution in [-0.4, -0.2) is 25.5 Å². The van der Waals surface area contributed by atoms with Crippen LogP contribution in [-0.2, 0) is 13.1 Å². The van der Waals surface area contributed by atoms with Crippen molar-refractivity contribution in [1.29, 1.82) is 0 Å². The molecule has 0 aromatic heterocycles. The minimum Gasteiger partial charge on any atom is -0.316 e. The van der Waals surface area contributed by atoms with E-state index in [0.717, 1.165) is 24.9 Å². The van der Waals surface area contributed by atoms with Gasteiger partial charge >= 0.3 is 0 Å². The Morgan fingerprint density at radius 2 is 1.94 bits per heavy atom. The summed E-state index contributed by atoms with van der Waals surface area (Å²) in [5, 5.41) is 3.24. The molecule has 17 heavy (non-hydrogen) atoms. The lowest BCUT2D eigenvalue weighted by Gasteiger charge is -2.18. The Morgan fingerprint density at radius 1 is 1.29 bits per heavy atom. The van der Waals surface area contributed by atoms with E-state index in [0.29, 0.717) is 0 Å². The van der Waals surface area contributed by atoms with Gasteiger partial charge in [-0.15, -0.1) is 0 Å². The van der Waals surface area contributed by atoms with E-state index in [1.807, 2.05) is 7.05 Å². The average Bonchev–Trinajstić information content (AvgIpc) is 2.97. The summed E-state index contributed by atoms with van der Waals surface area (Å²) >= 11 is 0. The van der Waals surface area contributed by atoms with E-state index >= 15 is 0 Å². The monoisotopic (exact) mass is 232 g/mol. The summed E-state index contributed by atoms with van der Waals surface area (Å²) in [5.41, 5.74) is 2.88. The van der Waals surface area contributed by atoms with Gasteiger partial charge < -0.3 is 10.2 Å². The van der Waals surface area contributed by atoms with Crippen LogP contribution in [0.3, 0.4) is 0 Å². The molecule has 2 rings (SSSR count). The fraction of sp³-hybridized carbons (Fsp3) is 0.600. The highest BCUT2D eigenvalue weighted by Gasteiger charge is 2.32. The van der Waals surface area contributed by atoms with E-state index in [1.54, 1.807) is 0 Å². The van der Waals surface area contributed by atoms with Crippen LogP contribution in [0.25, 0.3) is 0 Å². The summed E-state index contributed by atoms with van der Waals surface area (Å²) < 4.78 is 0. The lowest BCUT2D eigenvalue weighted by Crippen LogP contribution is -2.22. The van der Waals surface area contributed by atoms with E-state index in [9.17, 15) is 0 Å². The Hall–Kier alpha value is -0.860. The molecule has 0 amide bonds. The van der Waals surface area contributed by atoms with Gasteiger partial charge in [-0.25, -0.2) is 0 Å². The van der Waals surface area contributed by atoms with E-state index in [-0.39, 0.29) is 0 Å². The molecule has 2 heteroatoms. The van der Waals surface area contributed by atoms with E-state index < -0.39 is 0 Å². The van der Waals surface area contributed by atoms with Crippen molar-refractivity contribution in [1.82, 2.24) is 10.2 Å². The zero-order valence-electron chi connectivity index (χ0n) is 11.2. The lowest BCUT2D eigenvalue weighted by atomic mass is 10.1. The van der Waals surface area contributed by atoms with Gasteiger partial charge in [-0.3, -0.25) is 0 Å². The third-order valence-corrected chi connectivity index (χ3v) is 3.75. The zero-order valence-corrected chi connectivity index (χ0v) is 11.2. The highest BCUT2D eigenvalue weighted by atomic mass is 15.1. The van der Waals surface area contributed by atoms with Crippen molar-refractivity contribution in [3.8, 4) is 0 Å². The van der Waals surface area contributed by atoms with Gasteiger partial charge in [-0.2, -0.15) is 0 Å². The van der Waals surface area contributed by atoms with Crippen LogP contribution in [0.5, 0.6) is 0 Å². The molecule has 0 bridgehead atoms. The number of nitrogens with zero attached hydrogens (tertiary/aromatic N) is 1. The second-order valence-corrected chi connectivity index (χ2v) is 5.47. The molecule has 1 aliphatic rings. The predicted octanol–water partition coefficient (Wildman–Crippen LogP) is 2.49. The first-order valence-electron chi connectivity index (χ1n) is 6.60. The van der Waals surface area contributed by atoms with Crippen molar-refractivity contribution < 1.29 is 0 Å². The first-order valence-corrected chi connectivity index (χ1v) is 6.60. The van der Waals surface area contributed by atoms with Gasteiger partial charge in [0.15, 0.2) is 0 Å². The van der Waals surface area contributed by atoms with Gasteiger partial charge in [-0.05, 0) is 43.5 Å². The molecule has 1 aromatic carbocycles. The van der Waals surface area contributed by atoms with Crippen LogP contribution in [0, 0.1) is 11.8 Å². The molecule has 1 N–H and O–H groups in total. The molecule has 94 valence electrons. The molecule has 0 radical (unpaired) electrons. The second-order valence-electron chi connectivity index (χ2n) is 5.47. The Bertz CT molecular complexity index is 362. The molecule has 1 fully saturated rings. The molecule has 0 saturated heterocycles. The van der Waals surface area contributed by atoms with Gasteiger partial charge in [0.25, 0.3) is 0 Å². The minimum atomic E-state index is 0.941. The topological polar surface area (TPSA) is 15.3 Å². The highest BCUT2D eigenvalue weighted by Crippen LogP contribution is 2.38. The van der Waals surface area contributed by atoms with Crippen molar-refractivity contribution in [2.75, 3.05) is 20.6 Å². The Balaban J connectivity index is 1.92. The largest absolute Gasteiger partial charge is 0.316 e. The molecule has 2 atom stereocenters. The highest BCUT2D eigenvalue weighted by molar-refractivity contribution is 5.26. The van der Waals surface area contributed by atoms with E-state index in [1.165, 1.54) is 24.1 Å². The van der Waals surface area contributed by atoms with Crippen LogP contribution in [0.1, 0.15) is 24.5 Å². The number of nitrogens with one attached hydrogen (secondary N) is 1. The van der Waals surface area contributed by atoms with Crippen LogP contribution >= 0.6 is 0 Å². The van der Waals surface area contributed by atoms with Gasteiger partial charge in [0.05, 0.1) is 0 Å². The van der Waals surface area contributed by atoms with Gasteiger partial charge in [-0.1, -0.05) is 31.2 Å². The first kappa shape index (κ1) is 12.6. The summed E-state index contributed by atoms with van der Waals surface area (Å²) in [6.07, 6.45) is 1.42. The van der Waals surface area contributed by atoms with Gasteiger partial charge in [0.2, 0.25) is 0 Å². The third-order valence-electron chi connectivity index (χ3n) is 3.75. The molecule has 0 aliphatic heterocycles. The smallest absolute Gasteiger partial charge is 0.0234 e. The standard InChI is InChI=1S/C15H24N2/c1-12-8-15(12)11-17(3)10-14-7-5-4-6-13(14)9-16-2/h4-7,12,15-16H,8-11H2,1-3H3. The Labute approximate surface area is 105 Å². The molecule has 1 saturated carbocycles. The molecule has 0 heterocycles. The van der Waals surface area contributed by atoms with Crippen LogP contribution in [0.4, 0.5) is 0 Å². The van der Waals surface area contributed by atoms with Gasteiger partial charge in [0.1, 0.15) is 0 Å². The number of benzene rings is 1. The number of rotatable bonds is 6. The molecule has 1 aromatic rings. The van der Waals surface area contributed by atoms with Crippen molar-refractivity contribution in [3.63, 3.8) is 0 Å². The second kappa shape index (κ2) is 5.65. The molecule has 0 spiro atoms. The van der Waals surface area contributed by atoms with Crippen molar-refractivity contribution in [2.24, 2.45) is 11.8 Å². The fourth-order valence-corrected chi connectivity index (χ4v) is 2.48. The third kappa shape index (κ3) is 3.55. The first-order chi connectivity index (χ1) is 8.20. The zero-order chi connectivity index (χ0) is 12.3. The summed E-state index contributed by atoms with van der Waals surface area (Å²) in [6.45, 7) is 5.63. The normalized spacial score (nSPS) is 23.1. The summed E-state index contributed by atoms with van der Waals surface area (Å²) in [7, 11) is 4.24. The molecule has 2 unspecified atom stereocenters. The van der Waals surface area contributed by atoms with Crippen LogP contribution in [0.15, 0.2) is 24.3 Å². The summed E-state index contributed by atoms with van der Waals surface area (Å²) in [4.78, 5) is 2.46. The maximum Gasteiger partial charge on any atom is 0.0234 e. The SMILES string of the molecule is CNCc1ccccc1CN(C)CC1CC1C. The van der Waals surface area contributed by atoms with E-state index in [4.69, 9.17) is 0 Å². The molecular weight excluding hydrogens is 208 g/mol. The Kier molecular flexibility index (Phi) is 4.19. The predicted molar refractivity (Wildman–Crippen MR) is 72.8 cm³/mol. The molecule has 2 nitrogen and oxygen atoms in total. The quantitative estimate of drug-likeness (QED) is 0.810. The van der Waals surface area contributed by atoms with Crippen molar-refractivity contribution >= 4 is 0 Å². The fourth-order valence-electron chi connectivity index (χ4n) is 2.48. The average molecular weight is 232 g/mol. The molecule has 1 aliphatic carbocycles. The Morgan fingerprint density at radius 3 is 2.53 bits per heavy atom. The molecular formula is C15H24N2. The lowest BCUT2D eigenvalue weighted by molar-refractivity contribution is 0.306. The van der Waals surface area contributed by atoms with E-state index in [2.05, 4.69) is 48.5 Å². The summed E-state index contributed by atoms with van der Waals surface area (Å²) in [5.74, 6) is 1.89. The van der Waals surface area contributed by atoms with Crippen LogP contribution < -0.4 is 5.32 Å². The van der Waals surface area contributed by atoms with Crippen molar-refractivity contribution in [3.05, 3.63) is 35.4 Å². The van der Waals surface area contributed by atoms with Gasteiger partial charge in [0, 0.05) is 19.6 Å². The summed E-state index contributed by atoms with van der Waals surface area (Å²) in [6, 6.07) is 8.74. The number of hydrogen-bond donors (Lipinski definition) is 1. The van der Waals surface area contributed by atoms with Crippen molar-refractivity contribution in [2.45, 2.75) is 26.4 Å². The maximum absolute atomic E-state index is 3.24. The number of hydrogen-bond acceptors (Lipinski definition) is 2. The maximum atomic E-state index is 3.24.